The molecule has 3 amide bonds. The number of rotatable bonds is 5. The minimum Gasteiger partial charge on any atom is -0.497 e. The number of imide groups is 1. The van der Waals surface area contributed by atoms with E-state index in [1.807, 2.05) is 0 Å². The molecule has 7 nitrogen and oxygen atoms in total. The largest absolute Gasteiger partial charge is 0.497 e. The molecular weight excluding hydrogens is 341 g/mol. The van der Waals surface area contributed by atoms with E-state index in [9.17, 15) is 14.0 Å². The Morgan fingerprint density at radius 1 is 1.15 bits per heavy atom. The second kappa shape index (κ2) is 7.38. The molecule has 1 aliphatic rings. The van der Waals surface area contributed by atoms with Crippen LogP contribution in [0.4, 0.5) is 14.9 Å². The van der Waals surface area contributed by atoms with Crippen molar-refractivity contribution in [2.45, 2.75) is 13.0 Å². The number of hydrogen-bond donors (Lipinski definition) is 0. The third kappa shape index (κ3) is 3.44. The number of amides is 3. The average Bonchev–Trinajstić information content (AvgIpc) is 2.66. The number of hydrogen-bond acceptors (Lipinski definition) is 5. The van der Waals surface area contributed by atoms with Crippen molar-refractivity contribution in [1.82, 2.24) is 9.88 Å². The van der Waals surface area contributed by atoms with Crippen LogP contribution < -0.4 is 14.4 Å². The molecule has 0 aliphatic carbocycles. The van der Waals surface area contributed by atoms with E-state index in [-0.39, 0.29) is 25.4 Å². The number of benzene rings is 1. The highest BCUT2D eigenvalue weighted by Gasteiger charge is 2.33. The number of halogens is 1. The predicted molar refractivity (Wildman–Crippen MR) is 91.7 cm³/mol. The molecule has 0 radical (unpaired) electrons. The molecular formula is C18H18FN3O4. The van der Waals surface area contributed by atoms with Crippen LogP contribution in [0.25, 0.3) is 0 Å². The third-order valence-electron chi connectivity index (χ3n) is 4.15. The van der Waals surface area contributed by atoms with Crippen LogP contribution in [0.1, 0.15) is 12.0 Å². The van der Waals surface area contributed by atoms with E-state index >= 15 is 0 Å². The Kier molecular flexibility index (Phi) is 5.01. The summed E-state index contributed by atoms with van der Waals surface area (Å²) in [5, 5.41) is 0. The van der Waals surface area contributed by atoms with Gasteiger partial charge in [0.2, 0.25) is 11.9 Å². The van der Waals surface area contributed by atoms with E-state index in [1.54, 1.807) is 18.2 Å². The number of aromatic nitrogens is 1. The fourth-order valence-corrected chi connectivity index (χ4v) is 2.79. The van der Waals surface area contributed by atoms with Gasteiger partial charge in [-0.25, -0.2) is 9.78 Å². The second-order valence-electron chi connectivity index (χ2n) is 5.68. The van der Waals surface area contributed by atoms with Crippen molar-refractivity contribution in [3.8, 4) is 11.5 Å². The Hall–Kier alpha value is -3.16. The lowest BCUT2D eigenvalue weighted by Gasteiger charge is -2.34. The number of ether oxygens (including phenoxy) is 2. The number of urea groups is 1. The van der Waals surface area contributed by atoms with Gasteiger partial charge in [0, 0.05) is 18.5 Å². The maximum Gasteiger partial charge on any atom is 0.331 e. The van der Waals surface area contributed by atoms with E-state index in [4.69, 9.17) is 9.47 Å². The summed E-state index contributed by atoms with van der Waals surface area (Å²) in [6, 6.07) is 7.32. The Balaban J connectivity index is 1.87. The van der Waals surface area contributed by atoms with Crippen molar-refractivity contribution in [1.29, 1.82) is 0 Å². The topological polar surface area (TPSA) is 72.0 Å². The highest BCUT2D eigenvalue weighted by Crippen LogP contribution is 2.28. The van der Waals surface area contributed by atoms with Gasteiger partial charge in [-0.15, -0.1) is 0 Å². The Labute approximate surface area is 149 Å². The number of carbonyl (C=O) groups excluding carboxylic acids is 2. The molecule has 2 heterocycles. The van der Waals surface area contributed by atoms with Gasteiger partial charge in [-0.1, -0.05) is 0 Å². The molecule has 0 atom stereocenters. The van der Waals surface area contributed by atoms with E-state index in [2.05, 4.69) is 4.98 Å². The molecule has 1 fully saturated rings. The zero-order valence-electron chi connectivity index (χ0n) is 14.4. The molecule has 0 unspecified atom stereocenters. The van der Waals surface area contributed by atoms with Crippen LogP contribution in [0.5, 0.6) is 11.5 Å². The van der Waals surface area contributed by atoms with Gasteiger partial charge < -0.3 is 9.47 Å². The van der Waals surface area contributed by atoms with Crippen molar-refractivity contribution in [3.63, 3.8) is 0 Å². The van der Waals surface area contributed by atoms with E-state index in [0.717, 1.165) is 4.90 Å². The van der Waals surface area contributed by atoms with Crippen LogP contribution >= 0.6 is 0 Å². The van der Waals surface area contributed by atoms with E-state index in [1.165, 1.54) is 37.4 Å². The normalized spacial score (nSPS) is 14.6. The van der Waals surface area contributed by atoms with Crippen molar-refractivity contribution >= 4 is 17.6 Å². The predicted octanol–water partition coefficient (Wildman–Crippen LogP) is 2.60. The quantitative estimate of drug-likeness (QED) is 0.768. The molecule has 26 heavy (non-hydrogen) atoms. The van der Waals surface area contributed by atoms with Crippen LogP contribution in [0.3, 0.4) is 0 Å². The molecule has 0 N–H and O–H groups in total. The summed E-state index contributed by atoms with van der Waals surface area (Å²) in [6.45, 7) is 0.264. The van der Waals surface area contributed by atoms with Crippen LogP contribution in [0, 0.1) is 5.95 Å². The summed E-state index contributed by atoms with van der Waals surface area (Å²) in [5.41, 5.74) is 1.08. The summed E-state index contributed by atoms with van der Waals surface area (Å²) >= 11 is 0. The van der Waals surface area contributed by atoms with Crippen LogP contribution in [0.2, 0.25) is 0 Å². The summed E-state index contributed by atoms with van der Waals surface area (Å²) in [7, 11) is 3.05. The van der Waals surface area contributed by atoms with Gasteiger partial charge in [0.05, 0.1) is 32.6 Å². The second-order valence-corrected chi connectivity index (χ2v) is 5.68. The van der Waals surface area contributed by atoms with Gasteiger partial charge in [-0.2, -0.15) is 4.39 Å². The SMILES string of the molecule is COc1ccc(OC)c(CN2C(=O)CCN(c3ccc(F)nc3)C2=O)c1. The smallest absolute Gasteiger partial charge is 0.331 e. The number of methoxy groups -OCH3 is 2. The lowest BCUT2D eigenvalue weighted by Crippen LogP contribution is -2.52. The fraction of sp³-hybridized carbons (Fsp3) is 0.278. The summed E-state index contributed by atoms with van der Waals surface area (Å²) in [4.78, 5) is 31.3. The first-order chi connectivity index (χ1) is 12.5. The lowest BCUT2D eigenvalue weighted by atomic mass is 10.1. The van der Waals surface area contributed by atoms with Crippen molar-refractivity contribution in [3.05, 3.63) is 48.0 Å². The maximum atomic E-state index is 13.0. The van der Waals surface area contributed by atoms with Crippen molar-refractivity contribution in [2.24, 2.45) is 0 Å². The van der Waals surface area contributed by atoms with Gasteiger partial charge in [0.15, 0.2) is 0 Å². The molecule has 136 valence electrons. The zero-order chi connectivity index (χ0) is 18.7. The highest BCUT2D eigenvalue weighted by atomic mass is 19.1. The first-order valence-corrected chi connectivity index (χ1v) is 7.98. The molecule has 1 aliphatic heterocycles. The first-order valence-electron chi connectivity index (χ1n) is 7.98. The van der Waals surface area contributed by atoms with Gasteiger partial charge >= 0.3 is 6.03 Å². The summed E-state index contributed by atoms with van der Waals surface area (Å²) < 4.78 is 23.5. The molecule has 0 saturated carbocycles. The first kappa shape index (κ1) is 17.7. The standard InChI is InChI=1S/C18H18FN3O4/c1-25-14-4-5-15(26-2)12(9-14)11-22-17(23)7-8-21(18(22)24)13-3-6-16(19)20-10-13/h3-6,9-10H,7-8,11H2,1-2H3. The number of nitrogens with zero attached hydrogens (tertiary/aromatic N) is 3. The Morgan fingerprint density at radius 2 is 1.96 bits per heavy atom. The average molecular weight is 359 g/mol. The molecule has 2 aromatic rings. The number of pyridine rings is 1. The van der Waals surface area contributed by atoms with Crippen molar-refractivity contribution < 1.29 is 23.5 Å². The van der Waals surface area contributed by atoms with Gasteiger partial charge in [-0.3, -0.25) is 14.6 Å². The summed E-state index contributed by atoms with van der Waals surface area (Å²) in [6.07, 6.45) is 1.43. The summed E-state index contributed by atoms with van der Waals surface area (Å²) in [5.74, 6) is 0.225. The lowest BCUT2D eigenvalue weighted by molar-refractivity contribution is -0.129. The minimum absolute atomic E-state index is 0.0448. The molecule has 3 rings (SSSR count). The molecule has 1 saturated heterocycles. The maximum absolute atomic E-state index is 13.0. The number of carbonyl (C=O) groups is 2. The minimum atomic E-state index is -0.632. The Bertz CT molecular complexity index is 826. The molecule has 1 aromatic carbocycles. The van der Waals surface area contributed by atoms with Crippen LogP contribution in [0.15, 0.2) is 36.5 Å². The van der Waals surface area contributed by atoms with E-state index < -0.39 is 12.0 Å². The zero-order valence-corrected chi connectivity index (χ0v) is 14.4. The molecule has 1 aromatic heterocycles. The highest BCUT2D eigenvalue weighted by molar-refractivity contribution is 6.05. The fourth-order valence-electron chi connectivity index (χ4n) is 2.79. The third-order valence-corrected chi connectivity index (χ3v) is 4.15. The van der Waals surface area contributed by atoms with Crippen LogP contribution in [-0.2, 0) is 11.3 Å². The molecule has 0 spiro atoms. The molecule has 0 bridgehead atoms. The van der Waals surface area contributed by atoms with Gasteiger partial charge in [0.1, 0.15) is 11.5 Å². The van der Waals surface area contributed by atoms with Gasteiger partial charge in [-0.05, 0) is 30.3 Å². The van der Waals surface area contributed by atoms with E-state index in [0.29, 0.717) is 22.7 Å². The van der Waals surface area contributed by atoms with Crippen LogP contribution in [-0.4, -0.2) is 42.6 Å². The monoisotopic (exact) mass is 359 g/mol. The van der Waals surface area contributed by atoms with Crippen molar-refractivity contribution in [2.75, 3.05) is 25.7 Å². The molecule has 8 heteroatoms. The Morgan fingerprint density at radius 3 is 2.62 bits per heavy atom. The number of anilines is 1. The van der Waals surface area contributed by atoms with Gasteiger partial charge in [0.25, 0.3) is 0 Å².